The molecule has 1 heterocycles. The predicted molar refractivity (Wildman–Crippen MR) is 116 cm³/mol. The summed E-state index contributed by atoms with van der Waals surface area (Å²) in [5.41, 5.74) is 1.93. The molecule has 1 amide bonds. The molecule has 0 N–H and O–H groups in total. The first-order chi connectivity index (χ1) is 12.8. The molecule has 2 rings (SSSR count). The lowest BCUT2D eigenvalue weighted by atomic mass is 10.0. The molecule has 1 aromatic rings. The summed E-state index contributed by atoms with van der Waals surface area (Å²) in [5, 5.41) is 8.60. The number of thioether (sulfide) groups is 2. The Labute approximate surface area is 163 Å². The van der Waals surface area contributed by atoms with Gasteiger partial charge in [-0.25, -0.2) is 5.01 Å². The van der Waals surface area contributed by atoms with Gasteiger partial charge in [0.05, 0.1) is 17.5 Å². The van der Waals surface area contributed by atoms with Crippen LogP contribution in [0.15, 0.2) is 75.8 Å². The first-order valence-corrected chi connectivity index (χ1v) is 10.5. The molecular weight excluding hydrogens is 362 g/mol. The van der Waals surface area contributed by atoms with E-state index in [2.05, 4.69) is 16.8 Å². The zero-order valence-corrected chi connectivity index (χ0v) is 16.5. The lowest BCUT2D eigenvalue weighted by Gasteiger charge is -2.22. The van der Waals surface area contributed by atoms with Crippen molar-refractivity contribution in [3.63, 3.8) is 0 Å². The summed E-state index contributed by atoms with van der Waals surface area (Å²) in [6, 6.07) is 10.1. The van der Waals surface area contributed by atoms with Crippen molar-refractivity contribution in [2.75, 3.05) is 10.8 Å². The number of hydrazone groups is 1. The lowest BCUT2D eigenvalue weighted by Crippen LogP contribution is -2.28. The third-order valence-electron chi connectivity index (χ3n) is 3.60. The molecule has 0 aromatic heterocycles. The highest BCUT2D eigenvalue weighted by molar-refractivity contribution is 8.17. The van der Waals surface area contributed by atoms with Crippen molar-refractivity contribution in [1.82, 2.24) is 5.01 Å². The maximum absolute atomic E-state index is 12.5. The largest absolute Gasteiger partial charge is 0.272 e. The molecule has 1 unspecified atom stereocenters. The van der Waals surface area contributed by atoms with E-state index in [9.17, 15) is 4.79 Å². The second-order valence-corrected chi connectivity index (χ2v) is 7.63. The number of aliphatic imine (C=N–C) groups is 1. The van der Waals surface area contributed by atoms with Gasteiger partial charge in [-0.2, -0.15) is 5.10 Å². The number of nitrogens with zero attached hydrogens (tertiary/aromatic N) is 3. The summed E-state index contributed by atoms with van der Waals surface area (Å²) in [4.78, 5) is 16.4. The van der Waals surface area contributed by atoms with Crippen LogP contribution in [0.5, 0.6) is 0 Å². The van der Waals surface area contributed by atoms with Crippen LogP contribution in [0.2, 0.25) is 0 Å². The van der Waals surface area contributed by atoms with Crippen molar-refractivity contribution in [1.29, 1.82) is 0 Å². The highest BCUT2D eigenvalue weighted by atomic mass is 32.2. The normalized spacial score (nSPS) is 17.5. The van der Waals surface area contributed by atoms with Gasteiger partial charge in [-0.05, 0) is 30.7 Å². The van der Waals surface area contributed by atoms with Gasteiger partial charge in [0.1, 0.15) is 0 Å². The van der Waals surface area contributed by atoms with Gasteiger partial charge in [0.25, 0.3) is 5.91 Å². The van der Waals surface area contributed by atoms with Crippen LogP contribution in [0, 0.1) is 0 Å². The fourth-order valence-electron chi connectivity index (χ4n) is 2.36. The fourth-order valence-corrected chi connectivity index (χ4v) is 3.98. The number of allylic oxidation sites excluding steroid dienone is 4. The highest BCUT2D eigenvalue weighted by Gasteiger charge is 2.27. The van der Waals surface area contributed by atoms with E-state index in [1.807, 2.05) is 73.2 Å². The Kier molecular flexibility index (Phi) is 9.00. The second-order valence-electron chi connectivity index (χ2n) is 5.42. The molecule has 1 atom stereocenters. The van der Waals surface area contributed by atoms with Gasteiger partial charge in [-0.15, -0.1) is 23.5 Å². The molecule has 0 aliphatic carbocycles. The van der Waals surface area contributed by atoms with Gasteiger partial charge in [-0.1, -0.05) is 48.6 Å². The number of carbonyl (C=O) groups excluding carboxylic acids is 1. The molecule has 136 valence electrons. The monoisotopic (exact) mass is 385 g/mol. The van der Waals surface area contributed by atoms with Crippen molar-refractivity contribution in [3.05, 3.63) is 71.3 Å². The Morgan fingerprint density at radius 2 is 2.19 bits per heavy atom. The third kappa shape index (κ3) is 6.35. The molecule has 26 heavy (non-hydrogen) atoms. The molecule has 0 spiro atoms. The van der Waals surface area contributed by atoms with Crippen LogP contribution in [-0.2, 0) is 4.79 Å². The lowest BCUT2D eigenvalue weighted by molar-refractivity contribution is -0.130. The maximum atomic E-state index is 12.5. The summed E-state index contributed by atoms with van der Waals surface area (Å²) < 4.78 is 0. The fraction of sp³-hybridized carbons (Fsp3) is 0.250. The van der Waals surface area contributed by atoms with Gasteiger partial charge in [-0.3, -0.25) is 9.79 Å². The predicted octanol–water partition coefficient (Wildman–Crippen LogP) is 5.04. The molecule has 1 aliphatic rings. The quantitative estimate of drug-likeness (QED) is 0.259. The SMILES string of the molecule is C=NC(/C=C\C=C/C)=C\SCSCC(=O)N1N=CCC1c1ccccc1. The van der Waals surface area contributed by atoms with Crippen molar-refractivity contribution < 1.29 is 4.79 Å². The minimum Gasteiger partial charge on any atom is -0.272 e. The molecule has 0 saturated heterocycles. The van der Waals surface area contributed by atoms with E-state index in [1.165, 1.54) is 0 Å². The van der Waals surface area contributed by atoms with E-state index in [-0.39, 0.29) is 11.9 Å². The molecule has 0 saturated carbocycles. The summed E-state index contributed by atoms with van der Waals surface area (Å²) in [6.45, 7) is 5.53. The zero-order chi connectivity index (χ0) is 18.6. The Morgan fingerprint density at radius 1 is 1.38 bits per heavy atom. The van der Waals surface area contributed by atoms with Crippen LogP contribution in [-0.4, -0.2) is 34.7 Å². The van der Waals surface area contributed by atoms with Gasteiger partial charge in [0, 0.05) is 17.7 Å². The van der Waals surface area contributed by atoms with Gasteiger partial charge >= 0.3 is 0 Å². The molecule has 0 radical (unpaired) electrons. The minimum absolute atomic E-state index is 0.0187. The standard InChI is InChI=1S/C20H23N3OS2/c1-3-4-6-11-18(21-2)14-25-16-26-15-20(24)23-19(12-13-22-23)17-9-7-5-8-10-17/h3-11,13-14,19H,2,12,15-16H2,1H3/b4-3-,11-6-,18-14-. The molecule has 1 aromatic carbocycles. The molecule has 1 aliphatic heterocycles. The average Bonchev–Trinajstić information content (AvgIpc) is 3.17. The summed E-state index contributed by atoms with van der Waals surface area (Å²) in [5.74, 6) is 0.449. The van der Waals surface area contributed by atoms with E-state index in [1.54, 1.807) is 28.5 Å². The molecule has 0 bridgehead atoms. The van der Waals surface area contributed by atoms with E-state index in [4.69, 9.17) is 0 Å². The maximum Gasteiger partial charge on any atom is 0.253 e. The van der Waals surface area contributed by atoms with E-state index >= 15 is 0 Å². The van der Waals surface area contributed by atoms with Gasteiger partial charge in [0.15, 0.2) is 0 Å². The Bertz CT molecular complexity index is 711. The smallest absolute Gasteiger partial charge is 0.253 e. The van der Waals surface area contributed by atoms with Crippen LogP contribution in [0.1, 0.15) is 24.9 Å². The van der Waals surface area contributed by atoms with E-state index in [0.29, 0.717) is 5.75 Å². The Balaban J connectivity index is 1.78. The van der Waals surface area contributed by atoms with E-state index in [0.717, 1.165) is 22.8 Å². The van der Waals surface area contributed by atoms with Gasteiger partial charge in [0.2, 0.25) is 0 Å². The van der Waals surface area contributed by atoms with E-state index < -0.39 is 0 Å². The van der Waals surface area contributed by atoms with Crippen molar-refractivity contribution in [3.8, 4) is 0 Å². The van der Waals surface area contributed by atoms with Gasteiger partial charge < -0.3 is 0 Å². The summed E-state index contributed by atoms with van der Waals surface area (Å²) in [7, 11) is 0. The summed E-state index contributed by atoms with van der Waals surface area (Å²) in [6.07, 6.45) is 10.3. The second kappa shape index (κ2) is 11.5. The van der Waals surface area contributed by atoms with Crippen LogP contribution in [0.25, 0.3) is 0 Å². The minimum atomic E-state index is 0.0187. The summed E-state index contributed by atoms with van der Waals surface area (Å²) >= 11 is 3.19. The van der Waals surface area contributed by atoms with Crippen molar-refractivity contribution in [2.24, 2.45) is 10.1 Å². The Hall–Kier alpha value is -2.05. The molecule has 6 heteroatoms. The third-order valence-corrected chi connectivity index (χ3v) is 5.67. The molecule has 4 nitrogen and oxygen atoms in total. The number of amides is 1. The highest BCUT2D eigenvalue weighted by Crippen LogP contribution is 2.28. The topological polar surface area (TPSA) is 45.0 Å². The van der Waals surface area contributed by atoms with Crippen LogP contribution in [0.3, 0.4) is 0 Å². The number of benzene rings is 1. The number of rotatable bonds is 9. The van der Waals surface area contributed by atoms with Crippen molar-refractivity contribution in [2.45, 2.75) is 19.4 Å². The molecular formula is C20H23N3OS2. The number of hydrogen-bond donors (Lipinski definition) is 0. The number of hydrogen-bond acceptors (Lipinski definition) is 5. The van der Waals surface area contributed by atoms with Crippen LogP contribution >= 0.6 is 23.5 Å². The Morgan fingerprint density at radius 3 is 2.92 bits per heavy atom. The number of carbonyl (C=O) groups is 1. The first kappa shape index (κ1) is 20.3. The van der Waals surface area contributed by atoms with Crippen LogP contribution < -0.4 is 0 Å². The molecule has 0 fully saturated rings. The first-order valence-electron chi connectivity index (χ1n) is 8.31. The van der Waals surface area contributed by atoms with Crippen molar-refractivity contribution >= 4 is 42.4 Å². The average molecular weight is 386 g/mol. The zero-order valence-electron chi connectivity index (χ0n) is 14.8. The van der Waals surface area contributed by atoms with Crippen LogP contribution in [0.4, 0.5) is 0 Å².